The number of aryl methyl sites for hydroxylation is 2. The average Bonchev–Trinajstić information content (AvgIpc) is 3.28. The van der Waals surface area contributed by atoms with Crippen molar-refractivity contribution in [3.63, 3.8) is 0 Å². The molecule has 4 rings (SSSR count). The third kappa shape index (κ3) is 4.07. The number of halogens is 1. The number of fused-ring (bicyclic) bond motifs is 1. The minimum Gasteiger partial charge on any atom is -0.478 e. The van der Waals surface area contributed by atoms with Crippen molar-refractivity contribution in [2.75, 3.05) is 17.2 Å². The number of aromatic nitrogens is 2. The predicted octanol–water partition coefficient (Wildman–Crippen LogP) is 2.98. The zero-order chi connectivity index (χ0) is 21.4. The summed E-state index contributed by atoms with van der Waals surface area (Å²) in [6.45, 7) is 1.49. The third-order valence-electron chi connectivity index (χ3n) is 4.65. The first kappa shape index (κ1) is 20.1. The first-order valence-electron chi connectivity index (χ1n) is 8.98. The number of rotatable bonds is 5. The van der Waals surface area contributed by atoms with E-state index in [0.29, 0.717) is 33.5 Å². The maximum absolute atomic E-state index is 12.2. The van der Waals surface area contributed by atoms with Crippen molar-refractivity contribution in [1.82, 2.24) is 9.55 Å². The highest BCUT2D eigenvalue weighted by Gasteiger charge is 2.21. The van der Waals surface area contributed by atoms with E-state index in [4.69, 9.17) is 16.3 Å². The molecule has 0 spiro atoms. The van der Waals surface area contributed by atoms with Gasteiger partial charge in [0.15, 0.2) is 17.5 Å². The first-order valence-corrected chi connectivity index (χ1v) is 10.2. The van der Waals surface area contributed by atoms with Crippen LogP contribution < -0.4 is 20.8 Å². The SMILES string of the molecule is Cc1cc(=O)c(OCC(=O)Nc2nc(-c3cc4c(cc3Cl)NC(=O)C4)cs2)cn1C. The molecule has 0 saturated carbocycles. The van der Waals surface area contributed by atoms with Gasteiger partial charge in [0.1, 0.15) is 0 Å². The summed E-state index contributed by atoms with van der Waals surface area (Å²) in [7, 11) is 1.79. The number of carbonyl (C=O) groups excluding carboxylic acids is 2. The van der Waals surface area contributed by atoms with E-state index in [-0.39, 0.29) is 23.7 Å². The molecule has 0 fully saturated rings. The van der Waals surface area contributed by atoms with E-state index in [1.165, 1.54) is 17.4 Å². The van der Waals surface area contributed by atoms with Gasteiger partial charge in [-0.25, -0.2) is 4.98 Å². The number of hydrogen-bond donors (Lipinski definition) is 2. The summed E-state index contributed by atoms with van der Waals surface area (Å²) in [5.74, 6) is -0.410. The van der Waals surface area contributed by atoms with Crippen molar-refractivity contribution in [1.29, 1.82) is 0 Å². The number of amides is 2. The molecule has 0 atom stereocenters. The van der Waals surface area contributed by atoms with Gasteiger partial charge in [0, 0.05) is 41.6 Å². The summed E-state index contributed by atoms with van der Waals surface area (Å²) < 4.78 is 7.09. The molecule has 2 aromatic heterocycles. The van der Waals surface area contributed by atoms with Crippen molar-refractivity contribution in [2.24, 2.45) is 7.05 Å². The lowest BCUT2D eigenvalue weighted by molar-refractivity contribution is -0.118. The van der Waals surface area contributed by atoms with Crippen LogP contribution in [0.15, 0.2) is 34.6 Å². The first-order chi connectivity index (χ1) is 14.3. The number of thiazole rings is 1. The second kappa shape index (κ2) is 7.92. The lowest BCUT2D eigenvalue weighted by atomic mass is 10.1. The Labute approximate surface area is 180 Å². The Morgan fingerprint density at radius 2 is 2.17 bits per heavy atom. The summed E-state index contributed by atoms with van der Waals surface area (Å²) in [5.41, 5.74) is 3.34. The highest BCUT2D eigenvalue weighted by molar-refractivity contribution is 7.14. The number of pyridine rings is 1. The molecule has 10 heteroatoms. The number of hydrogen-bond acceptors (Lipinski definition) is 6. The van der Waals surface area contributed by atoms with Crippen molar-refractivity contribution in [3.8, 4) is 17.0 Å². The highest BCUT2D eigenvalue weighted by Crippen LogP contribution is 2.36. The topological polar surface area (TPSA) is 102 Å². The fraction of sp³-hybridized carbons (Fsp3) is 0.200. The van der Waals surface area contributed by atoms with Crippen LogP contribution in [-0.4, -0.2) is 28.0 Å². The van der Waals surface area contributed by atoms with Crippen LogP contribution in [0.4, 0.5) is 10.8 Å². The van der Waals surface area contributed by atoms with E-state index in [1.54, 1.807) is 36.2 Å². The monoisotopic (exact) mass is 444 g/mol. The minimum atomic E-state index is -0.437. The van der Waals surface area contributed by atoms with Crippen LogP contribution in [0.25, 0.3) is 11.3 Å². The summed E-state index contributed by atoms with van der Waals surface area (Å²) in [5, 5.41) is 8.00. The Morgan fingerprint density at radius 3 is 2.97 bits per heavy atom. The van der Waals surface area contributed by atoms with Gasteiger partial charge in [0.2, 0.25) is 11.3 Å². The van der Waals surface area contributed by atoms with Crippen LogP contribution >= 0.6 is 22.9 Å². The molecular formula is C20H17ClN4O4S. The fourth-order valence-corrected chi connectivity index (χ4v) is 4.00. The molecule has 1 aliphatic heterocycles. The molecule has 0 radical (unpaired) electrons. The molecule has 3 aromatic rings. The molecule has 0 aliphatic carbocycles. The van der Waals surface area contributed by atoms with Gasteiger partial charge in [-0.2, -0.15) is 0 Å². The van der Waals surface area contributed by atoms with Crippen molar-refractivity contribution < 1.29 is 14.3 Å². The lowest BCUT2D eigenvalue weighted by Crippen LogP contribution is -2.22. The Balaban J connectivity index is 1.43. The number of carbonyl (C=O) groups is 2. The molecule has 2 N–H and O–H groups in total. The number of nitrogens with zero attached hydrogens (tertiary/aromatic N) is 2. The van der Waals surface area contributed by atoms with Crippen LogP contribution in [0, 0.1) is 6.92 Å². The van der Waals surface area contributed by atoms with Gasteiger partial charge in [-0.1, -0.05) is 11.6 Å². The summed E-state index contributed by atoms with van der Waals surface area (Å²) in [6.07, 6.45) is 1.84. The Bertz CT molecular complexity index is 1230. The van der Waals surface area contributed by atoms with E-state index in [2.05, 4.69) is 15.6 Å². The normalized spacial score (nSPS) is 12.4. The number of anilines is 2. The quantitative estimate of drug-likeness (QED) is 0.629. The van der Waals surface area contributed by atoms with E-state index in [0.717, 1.165) is 11.3 Å². The molecule has 3 heterocycles. The average molecular weight is 445 g/mol. The molecule has 2 amide bonds. The second-order valence-corrected chi connectivity index (χ2v) is 8.11. The summed E-state index contributed by atoms with van der Waals surface area (Å²) in [6, 6.07) is 4.97. The van der Waals surface area contributed by atoms with E-state index < -0.39 is 5.91 Å². The van der Waals surface area contributed by atoms with Crippen molar-refractivity contribution in [2.45, 2.75) is 13.3 Å². The molecule has 0 unspecified atom stereocenters. The van der Waals surface area contributed by atoms with Gasteiger partial charge >= 0.3 is 0 Å². The van der Waals surface area contributed by atoms with Gasteiger partial charge in [-0.15, -0.1) is 11.3 Å². The Hall–Kier alpha value is -3.17. The van der Waals surface area contributed by atoms with E-state index in [9.17, 15) is 14.4 Å². The zero-order valence-corrected chi connectivity index (χ0v) is 17.7. The molecule has 8 nitrogen and oxygen atoms in total. The molecule has 0 bridgehead atoms. The molecule has 1 aromatic carbocycles. The van der Waals surface area contributed by atoms with Gasteiger partial charge in [0.05, 0.1) is 17.1 Å². The van der Waals surface area contributed by atoms with Gasteiger partial charge < -0.3 is 14.6 Å². The second-order valence-electron chi connectivity index (χ2n) is 6.84. The van der Waals surface area contributed by atoms with Crippen LogP contribution in [0.3, 0.4) is 0 Å². The van der Waals surface area contributed by atoms with Gasteiger partial charge in [-0.3, -0.25) is 19.7 Å². The maximum Gasteiger partial charge on any atom is 0.264 e. The van der Waals surface area contributed by atoms with Crippen LogP contribution in [0.2, 0.25) is 5.02 Å². The molecule has 154 valence electrons. The third-order valence-corrected chi connectivity index (χ3v) is 5.72. The minimum absolute atomic E-state index is 0.0761. The van der Waals surface area contributed by atoms with E-state index in [1.807, 2.05) is 6.07 Å². The Kier molecular flexibility index (Phi) is 5.31. The number of benzene rings is 1. The fourth-order valence-electron chi connectivity index (χ4n) is 3.01. The number of nitrogens with one attached hydrogen (secondary N) is 2. The molecule has 1 aliphatic rings. The highest BCUT2D eigenvalue weighted by atomic mass is 35.5. The molecule has 0 saturated heterocycles. The van der Waals surface area contributed by atoms with Gasteiger partial charge in [-0.05, 0) is 24.6 Å². The van der Waals surface area contributed by atoms with E-state index >= 15 is 0 Å². The predicted molar refractivity (Wildman–Crippen MR) is 115 cm³/mol. The van der Waals surface area contributed by atoms with Crippen molar-refractivity contribution in [3.05, 3.63) is 56.3 Å². The number of ether oxygens (including phenoxy) is 1. The van der Waals surface area contributed by atoms with Crippen LogP contribution in [-0.2, 0) is 23.1 Å². The molecule has 30 heavy (non-hydrogen) atoms. The smallest absolute Gasteiger partial charge is 0.264 e. The summed E-state index contributed by atoms with van der Waals surface area (Å²) in [4.78, 5) is 40.1. The lowest BCUT2D eigenvalue weighted by Gasteiger charge is -2.08. The standard InChI is InChI=1S/C20H17ClN4O4S/c1-10-3-16(26)17(7-25(10)2)29-8-19(28)24-20-23-15(9-30-20)12-4-11-5-18(27)22-14(11)6-13(12)21/h3-4,6-7,9H,5,8H2,1-2H3,(H,22,27)(H,23,24,28). The zero-order valence-electron chi connectivity index (χ0n) is 16.1. The van der Waals surface area contributed by atoms with Crippen LogP contribution in [0.5, 0.6) is 5.75 Å². The van der Waals surface area contributed by atoms with Crippen LogP contribution in [0.1, 0.15) is 11.3 Å². The van der Waals surface area contributed by atoms with Crippen molar-refractivity contribution >= 4 is 45.6 Å². The Morgan fingerprint density at radius 1 is 1.37 bits per heavy atom. The van der Waals surface area contributed by atoms with Gasteiger partial charge in [0.25, 0.3) is 5.91 Å². The maximum atomic E-state index is 12.2. The molecular weight excluding hydrogens is 428 g/mol. The summed E-state index contributed by atoms with van der Waals surface area (Å²) >= 11 is 7.57. The largest absolute Gasteiger partial charge is 0.478 e.